The minimum Gasteiger partial charge on any atom is -0.469 e. The summed E-state index contributed by atoms with van der Waals surface area (Å²) >= 11 is 0. The molecule has 2 amide bonds. The predicted octanol–water partition coefficient (Wildman–Crippen LogP) is 2.97. The lowest BCUT2D eigenvalue weighted by molar-refractivity contribution is -0.161. The Kier molecular flexibility index (Phi) is 6.65. The van der Waals surface area contributed by atoms with Gasteiger partial charge in [-0.1, -0.05) is 48.5 Å². The van der Waals surface area contributed by atoms with E-state index in [-0.39, 0.29) is 31.0 Å². The van der Waals surface area contributed by atoms with E-state index in [2.05, 4.69) is 5.32 Å². The number of hydrogen-bond donors (Lipinski definition) is 1. The molecule has 7 nitrogen and oxygen atoms in total. The Labute approximate surface area is 186 Å². The fraction of sp³-hybridized carbons (Fsp3) is 0.240. The van der Waals surface area contributed by atoms with Crippen LogP contribution in [0.4, 0.5) is 0 Å². The second-order valence-corrected chi connectivity index (χ2v) is 7.61. The van der Waals surface area contributed by atoms with Crippen molar-refractivity contribution in [1.82, 2.24) is 10.2 Å². The Bertz CT molecular complexity index is 1050. The third kappa shape index (κ3) is 5.06. The van der Waals surface area contributed by atoms with Crippen LogP contribution in [0.2, 0.25) is 0 Å². The lowest BCUT2D eigenvalue weighted by atomic mass is 9.90. The van der Waals surface area contributed by atoms with Crippen LogP contribution < -0.4 is 5.32 Å². The zero-order valence-electron chi connectivity index (χ0n) is 17.5. The van der Waals surface area contributed by atoms with E-state index < -0.39 is 12.0 Å². The highest BCUT2D eigenvalue weighted by atomic mass is 16.5. The summed E-state index contributed by atoms with van der Waals surface area (Å²) < 4.78 is 10.7. The number of hydrogen-bond acceptors (Lipinski definition) is 5. The molecule has 2 heterocycles. The number of β-lactam (4-membered cyclic amide) rings is 1. The van der Waals surface area contributed by atoms with Crippen LogP contribution in [-0.2, 0) is 27.4 Å². The van der Waals surface area contributed by atoms with Crippen molar-refractivity contribution >= 4 is 17.8 Å². The van der Waals surface area contributed by atoms with Gasteiger partial charge in [0.1, 0.15) is 25.0 Å². The molecule has 0 bridgehead atoms. The Morgan fingerprint density at radius 3 is 2.38 bits per heavy atom. The van der Waals surface area contributed by atoms with E-state index in [0.29, 0.717) is 18.4 Å². The fourth-order valence-corrected chi connectivity index (χ4v) is 3.76. The predicted molar refractivity (Wildman–Crippen MR) is 116 cm³/mol. The average Bonchev–Trinajstić information content (AvgIpc) is 3.36. The Hall–Kier alpha value is -3.87. The smallest absolute Gasteiger partial charge is 0.325 e. The van der Waals surface area contributed by atoms with Crippen LogP contribution in [0, 0.1) is 0 Å². The maximum absolute atomic E-state index is 12.8. The van der Waals surface area contributed by atoms with Gasteiger partial charge in [0, 0.05) is 12.0 Å². The molecule has 3 aromatic rings. The highest BCUT2D eigenvalue weighted by Gasteiger charge is 2.48. The second-order valence-electron chi connectivity index (χ2n) is 7.61. The molecule has 1 fully saturated rings. The van der Waals surface area contributed by atoms with Crippen LogP contribution in [0.1, 0.15) is 28.1 Å². The molecule has 32 heavy (non-hydrogen) atoms. The van der Waals surface area contributed by atoms with Crippen molar-refractivity contribution in [2.45, 2.75) is 31.5 Å². The number of ether oxygens (including phenoxy) is 1. The van der Waals surface area contributed by atoms with E-state index in [0.717, 1.165) is 11.3 Å². The quantitative estimate of drug-likeness (QED) is 0.415. The standard InChI is InChI=1S/C25H24N2O5/c28-22(32-17-18-8-3-1-4-9-18)16-27-21(14-13-20-12-7-15-31-20)23(25(27)30)26-24(29)19-10-5-2-6-11-19/h1-12,15,21,23H,13-14,16-17H2,(H,26,29)/t21-,23+/m1/s1. The van der Waals surface area contributed by atoms with Gasteiger partial charge in [-0.15, -0.1) is 0 Å². The van der Waals surface area contributed by atoms with Crippen LogP contribution in [0.25, 0.3) is 0 Å². The highest BCUT2D eigenvalue weighted by Crippen LogP contribution is 2.25. The van der Waals surface area contributed by atoms with Gasteiger partial charge in [-0.25, -0.2) is 0 Å². The summed E-state index contributed by atoms with van der Waals surface area (Å²) in [6.07, 6.45) is 2.72. The summed E-state index contributed by atoms with van der Waals surface area (Å²) in [6, 6.07) is 20.7. The van der Waals surface area contributed by atoms with Gasteiger partial charge in [-0.3, -0.25) is 14.4 Å². The number of esters is 1. The molecule has 7 heteroatoms. The molecule has 1 aromatic heterocycles. The minimum atomic E-state index is -0.695. The molecule has 0 spiro atoms. The largest absolute Gasteiger partial charge is 0.469 e. The highest BCUT2D eigenvalue weighted by molar-refractivity contribution is 6.00. The van der Waals surface area contributed by atoms with Crippen molar-refractivity contribution in [3.63, 3.8) is 0 Å². The molecule has 1 aliphatic heterocycles. The van der Waals surface area contributed by atoms with Crippen molar-refractivity contribution in [3.05, 3.63) is 95.9 Å². The van der Waals surface area contributed by atoms with Crippen LogP contribution >= 0.6 is 0 Å². The zero-order chi connectivity index (χ0) is 22.3. The summed E-state index contributed by atoms with van der Waals surface area (Å²) in [6.45, 7) is -0.0147. The monoisotopic (exact) mass is 432 g/mol. The number of carbonyl (C=O) groups excluding carboxylic acids is 3. The number of amides is 2. The topological polar surface area (TPSA) is 88.9 Å². The first-order chi connectivity index (χ1) is 15.6. The molecule has 1 aliphatic rings. The summed E-state index contributed by atoms with van der Waals surface area (Å²) in [5.74, 6) is -0.323. The van der Waals surface area contributed by atoms with Crippen molar-refractivity contribution in [3.8, 4) is 0 Å². The Morgan fingerprint density at radius 2 is 1.69 bits per heavy atom. The van der Waals surface area contributed by atoms with Gasteiger partial charge in [0.05, 0.1) is 12.3 Å². The van der Waals surface area contributed by atoms with E-state index in [4.69, 9.17) is 9.15 Å². The molecule has 1 N–H and O–H groups in total. The SMILES string of the molecule is O=C(CN1C(=O)[C@@H](NC(=O)c2ccccc2)[C@H]1CCc1ccco1)OCc1ccccc1. The fourth-order valence-electron chi connectivity index (χ4n) is 3.76. The van der Waals surface area contributed by atoms with Crippen LogP contribution in [0.5, 0.6) is 0 Å². The molecule has 164 valence electrons. The molecule has 2 atom stereocenters. The van der Waals surface area contributed by atoms with Gasteiger partial charge in [0.2, 0.25) is 5.91 Å². The second kappa shape index (κ2) is 9.96. The summed E-state index contributed by atoms with van der Waals surface area (Å²) in [5.41, 5.74) is 1.35. The van der Waals surface area contributed by atoms with Gasteiger partial charge >= 0.3 is 5.97 Å². The van der Waals surface area contributed by atoms with E-state index in [9.17, 15) is 14.4 Å². The molecule has 0 aliphatic carbocycles. The van der Waals surface area contributed by atoms with Crippen LogP contribution in [0.3, 0.4) is 0 Å². The number of benzene rings is 2. The molecule has 1 saturated heterocycles. The number of aryl methyl sites for hydroxylation is 1. The first-order valence-electron chi connectivity index (χ1n) is 10.5. The Morgan fingerprint density at radius 1 is 0.969 bits per heavy atom. The maximum Gasteiger partial charge on any atom is 0.325 e. The molecular formula is C25H24N2O5. The number of furan rings is 1. The third-order valence-electron chi connectivity index (χ3n) is 5.47. The lowest BCUT2D eigenvalue weighted by Crippen LogP contribution is -2.71. The first kappa shape index (κ1) is 21.4. The van der Waals surface area contributed by atoms with Gasteiger partial charge in [0.25, 0.3) is 5.91 Å². The van der Waals surface area contributed by atoms with E-state index in [1.807, 2.05) is 42.5 Å². The number of likely N-dealkylation sites (tertiary alicyclic amines) is 1. The molecule has 0 unspecified atom stereocenters. The number of nitrogens with zero attached hydrogens (tertiary/aromatic N) is 1. The van der Waals surface area contributed by atoms with E-state index in [1.54, 1.807) is 36.6 Å². The summed E-state index contributed by atoms with van der Waals surface area (Å²) in [4.78, 5) is 39.2. The first-order valence-corrected chi connectivity index (χ1v) is 10.5. The Balaban J connectivity index is 1.38. The van der Waals surface area contributed by atoms with E-state index in [1.165, 1.54) is 4.90 Å². The average molecular weight is 432 g/mol. The van der Waals surface area contributed by atoms with Crippen molar-refractivity contribution < 1.29 is 23.5 Å². The maximum atomic E-state index is 12.8. The van der Waals surface area contributed by atoms with Crippen LogP contribution in [-0.4, -0.2) is 41.3 Å². The molecular weight excluding hydrogens is 408 g/mol. The van der Waals surface area contributed by atoms with Crippen LogP contribution in [0.15, 0.2) is 83.5 Å². The van der Waals surface area contributed by atoms with E-state index >= 15 is 0 Å². The van der Waals surface area contributed by atoms with Gasteiger partial charge in [-0.05, 0) is 36.2 Å². The van der Waals surface area contributed by atoms with Crippen molar-refractivity contribution in [2.75, 3.05) is 6.54 Å². The van der Waals surface area contributed by atoms with Crippen molar-refractivity contribution in [2.24, 2.45) is 0 Å². The molecule has 4 rings (SSSR count). The molecule has 0 radical (unpaired) electrons. The van der Waals surface area contributed by atoms with Gasteiger partial charge in [0.15, 0.2) is 0 Å². The zero-order valence-corrected chi connectivity index (χ0v) is 17.5. The molecule has 2 aromatic carbocycles. The summed E-state index contributed by atoms with van der Waals surface area (Å²) in [7, 11) is 0. The minimum absolute atomic E-state index is 0.146. The van der Waals surface area contributed by atoms with Gasteiger partial charge in [-0.2, -0.15) is 0 Å². The number of nitrogens with one attached hydrogen (secondary N) is 1. The van der Waals surface area contributed by atoms with Gasteiger partial charge < -0.3 is 19.4 Å². The third-order valence-corrected chi connectivity index (χ3v) is 5.47. The summed E-state index contributed by atoms with van der Waals surface area (Å²) in [5, 5.41) is 2.81. The number of carbonyl (C=O) groups is 3. The normalized spacial score (nSPS) is 17.5. The number of rotatable bonds is 9. The van der Waals surface area contributed by atoms with Crippen molar-refractivity contribution in [1.29, 1.82) is 0 Å². The molecule has 0 saturated carbocycles. The lowest BCUT2D eigenvalue weighted by Gasteiger charge is -2.46.